The van der Waals surface area contributed by atoms with E-state index in [-0.39, 0.29) is 11.9 Å². The molecule has 1 amide bonds. The Labute approximate surface area is 121 Å². The Balaban J connectivity index is 2.25. The van der Waals surface area contributed by atoms with Crippen molar-refractivity contribution in [3.8, 4) is 0 Å². The fraction of sp³-hybridized carbons (Fsp3) is 0.462. The summed E-state index contributed by atoms with van der Waals surface area (Å²) in [4.78, 5) is 14.4. The molecule has 2 atom stereocenters. The van der Waals surface area contributed by atoms with E-state index >= 15 is 0 Å². The van der Waals surface area contributed by atoms with Crippen molar-refractivity contribution in [1.29, 1.82) is 0 Å². The molecule has 1 saturated heterocycles. The number of nitrogens with zero attached hydrogens (tertiary/aromatic N) is 1. The summed E-state index contributed by atoms with van der Waals surface area (Å²) in [5.74, 6) is 0.00773. The molecule has 0 aliphatic carbocycles. The third kappa shape index (κ3) is 2.71. The maximum atomic E-state index is 12.5. The quantitative estimate of drug-likeness (QED) is 0.858. The van der Waals surface area contributed by atoms with Crippen LogP contribution in [-0.4, -0.2) is 36.0 Å². The van der Waals surface area contributed by atoms with Crippen molar-refractivity contribution >= 4 is 33.4 Å². The summed E-state index contributed by atoms with van der Waals surface area (Å²) >= 11 is 9.48. The average Bonchev–Trinajstić information content (AvgIpc) is 2.32. The van der Waals surface area contributed by atoms with E-state index in [4.69, 9.17) is 11.6 Å². The molecule has 0 spiro atoms. The van der Waals surface area contributed by atoms with Crippen LogP contribution >= 0.6 is 27.5 Å². The number of carbonyl (C=O) groups is 1. The Morgan fingerprint density at radius 2 is 2.22 bits per heavy atom. The molecule has 0 bridgehead atoms. The maximum Gasteiger partial charge on any atom is 0.255 e. The molecule has 1 aliphatic rings. The third-order valence-corrected chi connectivity index (χ3v) is 4.26. The van der Waals surface area contributed by atoms with Crippen LogP contribution in [0.15, 0.2) is 22.7 Å². The number of amides is 1. The third-order valence-electron chi connectivity index (χ3n) is 3.46. The van der Waals surface area contributed by atoms with Crippen molar-refractivity contribution in [2.75, 3.05) is 13.1 Å². The van der Waals surface area contributed by atoms with Crippen LogP contribution in [0.3, 0.4) is 0 Å². The molecule has 1 fully saturated rings. The van der Waals surface area contributed by atoms with E-state index in [1.807, 2.05) is 11.0 Å². The molecular weight excluding hydrogens is 316 g/mol. The molecule has 2 rings (SSSR count). The molecule has 1 N–H and O–H groups in total. The fourth-order valence-corrected chi connectivity index (χ4v) is 2.92. The van der Waals surface area contributed by atoms with Gasteiger partial charge < -0.3 is 10.2 Å². The molecule has 5 heteroatoms. The second kappa shape index (κ2) is 5.59. The Kier molecular flexibility index (Phi) is 4.30. The van der Waals surface area contributed by atoms with Crippen molar-refractivity contribution in [1.82, 2.24) is 10.2 Å². The predicted octanol–water partition coefficient (Wildman–Crippen LogP) is 2.92. The molecule has 1 aliphatic heterocycles. The molecule has 1 heterocycles. The number of benzene rings is 1. The highest BCUT2D eigenvalue weighted by Gasteiger charge is 2.29. The Morgan fingerprint density at radius 1 is 1.50 bits per heavy atom. The minimum Gasteiger partial charge on any atom is -0.333 e. The number of rotatable bonds is 1. The monoisotopic (exact) mass is 330 g/mol. The summed E-state index contributed by atoms with van der Waals surface area (Å²) in [5, 5.41) is 3.85. The van der Waals surface area contributed by atoms with Crippen molar-refractivity contribution in [3.63, 3.8) is 0 Å². The van der Waals surface area contributed by atoms with Crippen LogP contribution in [0, 0.1) is 0 Å². The number of nitrogens with one attached hydrogen (secondary N) is 1. The molecular formula is C13H16BrClN2O. The van der Waals surface area contributed by atoms with Gasteiger partial charge in [-0.3, -0.25) is 4.79 Å². The molecule has 0 radical (unpaired) electrons. The molecule has 18 heavy (non-hydrogen) atoms. The van der Waals surface area contributed by atoms with Crippen molar-refractivity contribution in [2.45, 2.75) is 25.9 Å². The maximum absolute atomic E-state index is 12.5. The zero-order valence-electron chi connectivity index (χ0n) is 10.4. The summed E-state index contributed by atoms with van der Waals surface area (Å²) in [6, 6.07) is 5.84. The van der Waals surface area contributed by atoms with Crippen molar-refractivity contribution in [3.05, 3.63) is 33.3 Å². The molecule has 2 unspecified atom stereocenters. The van der Waals surface area contributed by atoms with Crippen molar-refractivity contribution < 1.29 is 4.79 Å². The molecule has 3 nitrogen and oxygen atoms in total. The van der Waals surface area contributed by atoms with Gasteiger partial charge in [0.25, 0.3) is 5.91 Å². The number of hydrogen-bond acceptors (Lipinski definition) is 2. The molecule has 1 aromatic carbocycles. The Morgan fingerprint density at radius 3 is 2.89 bits per heavy atom. The Hall–Kier alpha value is -0.580. The largest absolute Gasteiger partial charge is 0.333 e. The zero-order valence-corrected chi connectivity index (χ0v) is 12.8. The molecule has 0 saturated carbocycles. The topological polar surface area (TPSA) is 32.3 Å². The van der Waals surface area contributed by atoms with Gasteiger partial charge in [-0.15, -0.1) is 0 Å². The van der Waals surface area contributed by atoms with Gasteiger partial charge in [0.2, 0.25) is 0 Å². The van der Waals surface area contributed by atoms with Gasteiger partial charge in [0.1, 0.15) is 0 Å². The average molecular weight is 332 g/mol. The summed E-state index contributed by atoms with van der Waals surface area (Å²) < 4.78 is 0.880. The summed E-state index contributed by atoms with van der Waals surface area (Å²) in [6.45, 7) is 5.69. The van der Waals surface area contributed by atoms with E-state index in [2.05, 4.69) is 35.1 Å². The lowest BCUT2D eigenvalue weighted by Crippen LogP contribution is -2.57. The van der Waals surface area contributed by atoms with E-state index in [9.17, 15) is 4.79 Å². The molecule has 98 valence electrons. The van der Waals surface area contributed by atoms with Crippen LogP contribution in [0.5, 0.6) is 0 Å². The zero-order chi connectivity index (χ0) is 13.3. The highest BCUT2D eigenvalue weighted by molar-refractivity contribution is 9.10. The second-order valence-corrected chi connectivity index (χ2v) is 5.93. The molecule has 1 aromatic rings. The van der Waals surface area contributed by atoms with Gasteiger partial charge in [0.05, 0.1) is 10.6 Å². The van der Waals surface area contributed by atoms with Crippen LogP contribution in [-0.2, 0) is 0 Å². The standard InChI is InChI=1S/C13H16BrClN2O/c1-8-9(2)17(6-5-16-8)13(18)11-4-3-10(14)7-12(11)15/h3-4,7-9,16H,5-6H2,1-2H3. The number of hydrogen-bond donors (Lipinski definition) is 1. The lowest BCUT2D eigenvalue weighted by atomic mass is 10.1. The first-order chi connectivity index (χ1) is 8.50. The lowest BCUT2D eigenvalue weighted by Gasteiger charge is -2.38. The smallest absolute Gasteiger partial charge is 0.255 e. The predicted molar refractivity (Wildman–Crippen MR) is 77.1 cm³/mol. The highest BCUT2D eigenvalue weighted by Crippen LogP contribution is 2.24. The van der Waals surface area contributed by atoms with E-state index < -0.39 is 0 Å². The van der Waals surface area contributed by atoms with Gasteiger partial charge in [-0.25, -0.2) is 0 Å². The molecule has 0 aromatic heterocycles. The van der Waals surface area contributed by atoms with Crippen LogP contribution in [0.4, 0.5) is 0 Å². The highest BCUT2D eigenvalue weighted by atomic mass is 79.9. The second-order valence-electron chi connectivity index (χ2n) is 4.61. The fourth-order valence-electron chi connectivity index (χ4n) is 2.16. The number of carbonyl (C=O) groups excluding carboxylic acids is 1. The van der Waals surface area contributed by atoms with E-state index in [1.54, 1.807) is 12.1 Å². The van der Waals surface area contributed by atoms with Gasteiger partial charge in [-0.05, 0) is 32.0 Å². The van der Waals surface area contributed by atoms with Gasteiger partial charge >= 0.3 is 0 Å². The minimum atomic E-state index is 0.00773. The van der Waals surface area contributed by atoms with Crippen molar-refractivity contribution in [2.24, 2.45) is 0 Å². The van der Waals surface area contributed by atoms with E-state index in [1.165, 1.54) is 0 Å². The first-order valence-corrected chi connectivity index (χ1v) is 7.17. The van der Waals surface area contributed by atoms with Gasteiger partial charge in [-0.2, -0.15) is 0 Å². The first kappa shape index (κ1) is 13.8. The van der Waals surface area contributed by atoms with E-state index in [0.29, 0.717) is 16.6 Å². The summed E-state index contributed by atoms with van der Waals surface area (Å²) in [5.41, 5.74) is 0.570. The number of piperazine rings is 1. The summed E-state index contributed by atoms with van der Waals surface area (Å²) in [7, 11) is 0. The van der Waals surface area contributed by atoms with Gasteiger partial charge in [-0.1, -0.05) is 27.5 Å². The lowest BCUT2D eigenvalue weighted by molar-refractivity contribution is 0.0603. The normalized spacial score (nSPS) is 24.1. The minimum absolute atomic E-state index is 0.00773. The van der Waals surface area contributed by atoms with Crippen LogP contribution in [0.1, 0.15) is 24.2 Å². The summed E-state index contributed by atoms with van der Waals surface area (Å²) in [6.07, 6.45) is 0. The van der Waals surface area contributed by atoms with Crippen LogP contribution < -0.4 is 5.32 Å². The first-order valence-electron chi connectivity index (χ1n) is 6.00. The Bertz CT molecular complexity index is 466. The van der Waals surface area contributed by atoms with Crippen LogP contribution in [0.2, 0.25) is 5.02 Å². The SMILES string of the molecule is CC1NCCN(C(=O)c2ccc(Br)cc2Cl)C1C. The number of halogens is 2. The van der Waals surface area contributed by atoms with Crippen LogP contribution in [0.25, 0.3) is 0 Å². The van der Waals surface area contributed by atoms with Gasteiger partial charge in [0, 0.05) is 29.6 Å². The van der Waals surface area contributed by atoms with E-state index in [0.717, 1.165) is 17.6 Å². The van der Waals surface area contributed by atoms with Gasteiger partial charge in [0.15, 0.2) is 0 Å².